The van der Waals surface area contributed by atoms with Crippen LogP contribution < -0.4 is 16.4 Å². The standard InChI is InChI=1S/C18H24FN7/c1-18(2,3)25-15-12-9-22-26(4)16(12)24-17(23-15)21-10-14(20)11-7-5-6-8-13(11)19/h5-9,14H,10,20H2,1-4H3,(H2,21,23,24,25)/i4D3. The minimum atomic E-state index is -2.49. The minimum Gasteiger partial charge on any atom is -0.365 e. The fourth-order valence-corrected chi connectivity index (χ4v) is 2.52. The molecule has 0 saturated carbocycles. The van der Waals surface area contributed by atoms with Crippen LogP contribution >= 0.6 is 0 Å². The minimum absolute atomic E-state index is 0.156. The number of nitrogens with one attached hydrogen (secondary N) is 2. The summed E-state index contributed by atoms with van der Waals surface area (Å²) in [6, 6.07) is 5.62. The van der Waals surface area contributed by atoms with Gasteiger partial charge in [0.15, 0.2) is 5.65 Å². The van der Waals surface area contributed by atoms with Gasteiger partial charge < -0.3 is 16.4 Å². The SMILES string of the molecule is [2H]C([2H])([2H])n1ncc2c(NC(C)(C)C)nc(NCC(N)c3ccccc3F)nc21. The van der Waals surface area contributed by atoms with Crippen LogP contribution in [0.2, 0.25) is 0 Å². The zero-order valence-corrected chi connectivity index (χ0v) is 14.9. The van der Waals surface area contributed by atoms with Crippen LogP contribution in [0.15, 0.2) is 30.5 Å². The van der Waals surface area contributed by atoms with Crippen LogP contribution in [-0.2, 0) is 6.98 Å². The maximum Gasteiger partial charge on any atom is 0.226 e. The fourth-order valence-electron chi connectivity index (χ4n) is 2.52. The van der Waals surface area contributed by atoms with Crippen LogP contribution in [0, 0.1) is 5.82 Å². The third-order valence-corrected chi connectivity index (χ3v) is 3.71. The molecule has 4 N–H and O–H groups in total. The Morgan fingerprint density at radius 3 is 2.77 bits per heavy atom. The van der Waals surface area contributed by atoms with Crippen LogP contribution in [-0.4, -0.2) is 31.8 Å². The number of rotatable bonds is 5. The van der Waals surface area contributed by atoms with Crippen molar-refractivity contribution in [2.24, 2.45) is 12.7 Å². The molecular weight excluding hydrogens is 333 g/mol. The van der Waals surface area contributed by atoms with Gasteiger partial charge in [0.2, 0.25) is 5.95 Å². The van der Waals surface area contributed by atoms with E-state index in [9.17, 15) is 4.39 Å². The van der Waals surface area contributed by atoms with E-state index in [2.05, 4.69) is 25.7 Å². The van der Waals surface area contributed by atoms with Crippen LogP contribution in [0.3, 0.4) is 0 Å². The lowest BCUT2D eigenvalue weighted by atomic mass is 10.1. The maximum atomic E-state index is 13.9. The predicted octanol–water partition coefficient (Wildman–Crippen LogP) is 2.82. The van der Waals surface area contributed by atoms with Gasteiger partial charge in [0.1, 0.15) is 11.6 Å². The van der Waals surface area contributed by atoms with Gasteiger partial charge in [0.25, 0.3) is 0 Å². The van der Waals surface area contributed by atoms with E-state index >= 15 is 0 Å². The highest BCUT2D eigenvalue weighted by atomic mass is 19.1. The monoisotopic (exact) mass is 360 g/mol. The van der Waals surface area contributed by atoms with Crippen molar-refractivity contribution in [1.29, 1.82) is 0 Å². The van der Waals surface area contributed by atoms with Crippen molar-refractivity contribution in [3.05, 3.63) is 41.8 Å². The topological polar surface area (TPSA) is 93.7 Å². The fraction of sp³-hybridized carbons (Fsp3) is 0.389. The first-order valence-electron chi connectivity index (χ1n) is 9.74. The van der Waals surface area contributed by atoms with Crippen molar-refractivity contribution in [1.82, 2.24) is 19.7 Å². The quantitative estimate of drug-likeness (QED) is 0.648. The first-order chi connectivity index (χ1) is 13.5. The number of nitrogens with zero attached hydrogens (tertiary/aromatic N) is 4. The maximum absolute atomic E-state index is 13.9. The van der Waals surface area contributed by atoms with Crippen molar-refractivity contribution in [2.45, 2.75) is 32.4 Å². The van der Waals surface area contributed by atoms with Crippen LogP contribution in [0.4, 0.5) is 16.2 Å². The van der Waals surface area contributed by atoms with Gasteiger partial charge in [-0.25, -0.2) is 4.39 Å². The van der Waals surface area contributed by atoms with Crippen molar-refractivity contribution >= 4 is 22.8 Å². The summed E-state index contributed by atoms with van der Waals surface area (Å²) >= 11 is 0. The van der Waals surface area contributed by atoms with E-state index in [1.165, 1.54) is 12.3 Å². The number of benzene rings is 1. The molecule has 1 aromatic carbocycles. The Balaban J connectivity index is 1.95. The van der Waals surface area contributed by atoms with Crippen molar-refractivity contribution in [3.8, 4) is 0 Å². The molecule has 0 aliphatic rings. The summed E-state index contributed by atoms with van der Waals surface area (Å²) in [6.45, 7) is 3.53. The third-order valence-electron chi connectivity index (χ3n) is 3.71. The van der Waals surface area contributed by atoms with Gasteiger partial charge in [-0.1, -0.05) is 18.2 Å². The Kier molecular flexibility index (Phi) is 3.82. The van der Waals surface area contributed by atoms with Gasteiger partial charge in [-0.15, -0.1) is 0 Å². The average molecular weight is 360 g/mol. The summed E-state index contributed by atoms with van der Waals surface area (Å²) in [5, 5.41) is 10.7. The Morgan fingerprint density at radius 2 is 2.08 bits per heavy atom. The highest BCUT2D eigenvalue weighted by Crippen LogP contribution is 2.24. The largest absolute Gasteiger partial charge is 0.365 e. The van der Waals surface area contributed by atoms with Gasteiger partial charge in [0, 0.05) is 28.7 Å². The van der Waals surface area contributed by atoms with Crippen molar-refractivity contribution < 1.29 is 8.50 Å². The van der Waals surface area contributed by atoms with Crippen molar-refractivity contribution in [3.63, 3.8) is 0 Å². The molecule has 0 saturated heterocycles. The summed E-state index contributed by atoms with van der Waals surface area (Å²) in [6.07, 6.45) is 1.42. The van der Waals surface area contributed by atoms with E-state index in [1.54, 1.807) is 18.2 Å². The van der Waals surface area contributed by atoms with Crippen molar-refractivity contribution in [2.75, 3.05) is 17.2 Å². The van der Waals surface area contributed by atoms with Gasteiger partial charge in [-0.05, 0) is 26.8 Å². The number of nitrogens with two attached hydrogens (primary N) is 1. The molecule has 7 nitrogen and oxygen atoms in total. The van der Waals surface area contributed by atoms with Gasteiger partial charge in [0.05, 0.1) is 17.6 Å². The van der Waals surface area contributed by atoms with Gasteiger partial charge in [-0.3, -0.25) is 4.68 Å². The molecule has 0 amide bonds. The second-order valence-electron chi connectivity index (χ2n) is 7.07. The molecular formula is C18H24FN7. The normalized spacial score (nSPS) is 15.2. The molecule has 0 aliphatic heterocycles. The molecule has 138 valence electrons. The lowest BCUT2D eigenvalue weighted by Crippen LogP contribution is -2.27. The molecule has 26 heavy (non-hydrogen) atoms. The zero-order valence-electron chi connectivity index (χ0n) is 17.9. The van der Waals surface area contributed by atoms with E-state index in [-0.39, 0.29) is 23.7 Å². The van der Waals surface area contributed by atoms with E-state index in [0.717, 1.165) is 4.68 Å². The molecule has 0 radical (unpaired) electrons. The first-order valence-corrected chi connectivity index (χ1v) is 8.24. The summed E-state index contributed by atoms with van der Waals surface area (Å²) < 4.78 is 37.8. The van der Waals surface area contributed by atoms with Crippen LogP contribution in [0.1, 0.15) is 36.5 Å². The molecule has 2 heterocycles. The third kappa shape index (κ3) is 3.91. The van der Waals surface area contributed by atoms with Crippen LogP contribution in [0.25, 0.3) is 11.0 Å². The Hall–Kier alpha value is -2.74. The summed E-state index contributed by atoms with van der Waals surface area (Å²) in [5.41, 5.74) is 6.29. The number of hydrogen-bond donors (Lipinski definition) is 3. The Morgan fingerprint density at radius 1 is 1.31 bits per heavy atom. The predicted molar refractivity (Wildman–Crippen MR) is 101 cm³/mol. The van der Waals surface area contributed by atoms with Crippen LogP contribution in [0.5, 0.6) is 0 Å². The van der Waals surface area contributed by atoms with E-state index in [4.69, 9.17) is 9.85 Å². The number of hydrogen-bond acceptors (Lipinski definition) is 6. The molecule has 1 atom stereocenters. The smallest absolute Gasteiger partial charge is 0.226 e. The molecule has 3 rings (SSSR count). The highest BCUT2D eigenvalue weighted by molar-refractivity contribution is 5.87. The molecule has 2 aromatic heterocycles. The molecule has 8 heteroatoms. The molecule has 0 bridgehead atoms. The second kappa shape index (κ2) is 6.87. The molecule has 1 unspecified atom stereocenters. The summed E-state index contributed by atoms with van der Waals surface area (Å²) in [5.74, 6) is 0.218. The first kappa shape index (κ1) is 14.4. The van der Waals surface area contributed by atoms with E-state index in [0.29, 0.717) is 16.8 Å². The summed E-state index contributed by atoms with van der Waals surface area (Å²) in [7, 11) is 0. The number of aromatic nitrogens is 4. The summed E-state index contributed by atoms with van der Waals surface area (Å²) in [4.78, 5) is 8.76. The number of fused-ring (bicyclic) bond motifs is 1. The number of anilines is 2. The lowest BCUT2D eigenvalue weighted by Gasteiger charge is -2.22. The lowest BCUT2D eigenvalue weighted by molar-refractivity contribution is 0.587. The second-order valence-corrected chi connectivity index (χ2v) is 7.07. The van der Waals surface area contributed by atoms with Gasteiger partial charge >= 0.3 is 0 Å². The average Bonchev–Trinajstić information content (AvgIpc) is 3.03. The number of aryl methyl sites for hydroxylation is 1. The molecule has 3 aromatic rings. The zero-order chi connectivity index (χ0) is 21.4. The number of halogens is 1. The highest BCUT2D eigenvalue weighted by Gasteiger charge is 2.17. The van der Waals surface area contributed by atoms with E-state index in [1.807, 2.05) is 20.8 Å². The molecule has 0 spiro atoms. The Bertz CT molecular complexity index is 1010. The Labute approximate surface area is 156 Å². The molecule has 0 fully saturated rings. The van der Waals surface area contributed by atoms with E-state index < -0.39 is 18.8 Å². The van der Waals surface area contributed by atoms with Gasteiger partial charge in [-0.2, -0.15) is 15.1 Å². The molecule has 0 aliphatic carbocycles.